The molecule has 0 aliphatic carbocycles. The molecule has 0 radical (unpaired) electrons. The van der Waals surface area contributed by atoms with Gasteiger partial charge < -0.3 is 20.1 Å². The van der Waals surface area contributed by atoms with Crippen molar-refractivity contribution in [3.8, 4) is 5.88 Å². The van der Waals surface area contributed by atoms with E-state index in [4.69, 9.17) is 9.84 Å². The van der Waals surface area contributed by atoms with Crippen molar-refractivity contribution in [2.45, 2.75) is 32.2 Å². The number of methoxy groups -OCH3 is 1. The number of pyridine rings is 1. The number of carbonyl (C=O) groups excluding carboxylic acids is 1. The summed E-state index contributed by atoms with van der Waals surface area (Å²) in [5.74, 6) is 0.771. The first-order valence-electron chi connectivity index (χ1n) is 9.31. The van der Waals surface area contributed by atoms with Gasteiger partial charge in [-0.05, 0) is 49.8 Å². The van der Waals surface area contributed by atoms with Crippen molar-refractivity contribution in [2.75, 3.05) is 20.2 Å². The molecule has 0 aromatic carbocycles. The van der Waals surface area contributed by atoms with E-state index in [2.05, 4.69) is 10.3 Å². The fourth-order valence-corrected chi connectivity index (χ4v) is 4.25. The third-order valence-electron chi connectivity index (χ3n) is 5.09. The molecule has 3 rings (SSSR count). The summed E-state index contributed by atoms with van der Waals surface area (Å²) in [5, 5.41) is 12.3. The zero-order valence-electron chi connectivity index (χ0n) is 16.1. The Hall–Kier alpha value is -2.61. The second-order valence-corrected chi connectivity index (χ2v) is 8.31. The zero-order valence-corrected chi connectivity index (χ0v) is 16.9. The molecule has 0 saturated carbocycles. The molecule has 2 N–H and O–H groups in total. The molecule has 8 heteroatoms. The molecular formula is C20H25N3O4S. The predicted octanol–water partition coefficient (Wildman–Crippen LogP) is 3.71. The number of ether oxygens (including phenoxy) is 1. The highest BCUT2D eigenvalue weighted by Crippen LogP contribution is 2.29. The predicted molar refractivity (Wildman–Crippen MR) is 107 cm³/mol. The minimum atomic E-state index is -0.865. The highest BCUT2D eigenvalue weighted by Gasteiger charge is 2.26. The largest absolute Gasteiger partial charge is 0.481 e. The van der Waals surface area contributed by atoms with Crippen molar-refractivity contribution in [1.82, 2.24) is 15.2 Å². The van der Waals surface area contributed by atoms with Gasteiger partial charge in [0.2, 0.25) is 5.88 Å². The van der Waals surface area contributed by atoms with Gasteiger partial charge in [-0.1, -0.05) is 6.07 Å². The van der Waals surface area contributed by atoms with Gasteiger partial charge >= 0.3 is 6.09 Å². The Morgan fingerprint density at radius 1 is 1.32 bits per heavy atom. The molecule has 28 heavy (non-hydrogen) atoms. The van der Waals surface area contributed by atoms with E-state index in [0.29, 0.717) is 29.8 Å². The van der Waals surface area contributed by atoms with E-state index in [0.717, 1.165) is 29.7 Å². The Balaban J connectivity index is 1.72. The zero-order chi connectivity index (χ0) is 20.1. The maximum absolute atomic E-state index is 12.7. The van der Waals surface area contributed by atoms with E-state index in [9.17, 15) is 9.59 Å². The number of carboxylic acid groups (broad SMARTS) is 1. The number of piperidine rings is 1. The first-order valence-corrected chi connectivity index (χ1v) is 10.1. The van der Waals surface area contributed by atoms with Crippen LogP contribution in [0.3, 0.4) is 0 Å². The first-order chi connectivity index (χ1) is 13.5. The molecule has 1 atom stereocenters. The van der Waals surface area contributed by atoms with E-state index < -0.39 is 6.09 Å². The molecule has 2 aromatic rings. The van der Waals surface area contributed by atoms with Crippen LogP contribution in [-0.2, 0) is 0 Å². The minimum Gasteiger partial charge on any atom is -0.481 e. The monoisotopic (exact) mass is 403 g/mol. The van der Waals surface area contributed by atoms with Gasteiger partial charge in [-0.15, -0.1) is 11.3 Å². The topological polar surface area (TPSA) is 91.8 Å². The lowest BCUT2D eigenvalue weighted by atomic mass is 9.88. The van der Waals surface area contributed by atoms with Crippen LogP contribution in [0.25, 0.3) is 0 Å². The standard InChI is InChI=1S/C20H25N3O4S/c1-13-3-5-17(28-13)19(24)22-16(15-4-6-18(27-2)21-12-15)11-14-7-9-23(10-8-14)20(25)26/h3-6,12,14,16H,7-11H2,1-2H3,(H,22,24)(H,25,26). The minimum absolute atomic E-state index is 0.0955. The first kappa shape index (κ1) is 20.1. The van der Waals surface area contributed by atoms with Gasteiger partial charge in [0.15, 0.2) is 0 Å². The number of amides is 2. The summed E-state index contributed by atoms with van der Waals surface area (Å²) in [4.78, 5) is 31.3. The molecule has 0 spiro atoms. The van der Waals surface area contributed by atoms with E-state index >= 15 is 0 Å². The lowest BCUT2D eigenvalue weighted by Gasteiger charge is -2.32. The van der Waals surface area contributed by atoms with Crippen molar-refractivity contribution in [2.24, 2.45) is 5.92 Å². The van der Waals surface area contributed by atoms with Crippen molar-refractivity contribution in [3.05, 3.63) is 45.8 Å². The average molecular weight is 404 g/mol. The normalized spacial score (nSPS) is 15.9. The molecule has 1 unspecified atom stereocenters. The number of rotatable bonds is 6. The lowest BCUT2D eigenvalue weighted by molar-refractivity contribution is 0.0926. The molecule has 2 aromatic heterocycles. The third kappa shape index (κ3) is 5.01. The Morgan fingerprint density at radius 2 is 2.07 bits per heavy atom. The molecule has 1 saturated heterocycles. The molecule has 0 bridgehead atoms. The van der Waals surface area contributed by atoms with Crippen LogP contribution in [0.1, 0.15) is 45.4 Å². The summed E-state index contributed by atoms with van der Waals surface area (Å²) < 4.78 is 5.13. The van der Waals surface area contributed by atoms with Crippen molar-refractivity contribution in [3.63, 3.8) is 0 Å². The maximum atomic E-state index is 12.7. The van der Waals surface area contributed by atoms with E-state index in [1.54, 1.807) is 19.4 Å². The number of thiophene rings is 1. The lowest BCUT2D eigenvalue weighted by Crippen LogP contribution is -2.39. The van der Waals surface area contributed by atoms with Gasteiger partial charge in [-0.25, -0.2) is 9.78 Å². The van der Waals surface area contributed by atoms with Gasteiger partial charge in [0.25, 0.3) is 5.91 Å². The van der Waals surface area contributed by atoms with E-state index in [1.807, 2.05) is 25.1 Å². The van der Waals surface area contributed by atoms with Gasteiger partial charge in [-0.2, -0.15) is 0 Å². The molecule has 1 aliphatic heterocycles. The third-order valence-corrected chi connectivity index (χ3v) is 6.09. The second-order valence-electron chi connectivity index (χ2n) is 7.02. The summed E-state index contributed by atoms with van der Waals surface area (Å²) in [6.07, 6.45) is 3.20. The second kappa shape index (κ2) is 9.05. The molecule has 2 amide bonds. The van der Waals surface area contributed by atoms with E-state index in [-0.39, 0.29) is 11.9 Å². The average Bonchev–Trinajstić information content (AvgIpc) is 3.14. The molecule has 150 valence electrons. The summed E-state index contributed by atoms with van der Waals surface area (Å²) in [5.41, 5.74) is 0.920. The van der Waals surface area contributed by atoms with Crippen LogP contribution in [0.15, 0.2) is 30.5 Å². The summed E-state index contributed by atoms with van der Waals surface area (Å²) >= 11 is 1.47. The van der Waals surface area contributed by atoms with Gasteiger partial charge in [0, 0.05) is 30.2 Å². The quantitative estimate of drug-likeness (QED) is 0.767. The summed E-state index contributed by atoms with van der Waals surface area (Å²) in [6, 6.07) is 7.30. The van der Waals surface area contributed by atoms with Crippen LogP contribution >= 0.6 is 11.3 Å². The molecule has 1 aliphatic rings. The van der Waals surface area contributed by atoms with Crippen molar-refractivity contribution >= 4 is 23.3 Å². The number of likely N-dealkylation sites (tertiary alicyclic amines) is 1. The molecule has 7 nitrogen and oxygen atoms in total. The Labute approximate surface area is 168 Å². The van der Waals surface area contributed by atoms with Crippen LogP contribution < -0.4 is 10.1 Å². The fraction of sp³-hybridized carbons (Fsp3) is 0.450. The number of aromatic nitrogens is 1. The molecule has 1 fully saturated rings. The Bertz CT molecular complexity index is 813. The smallest absolute Gasteiger partial charge is 0.407 e. The van der Waals surface area contributed by atoms with Crippen LogP contribution in [0.5, 0.6) is 5.88 Å². The Kier molecular flexibility index (Phi) is 6.51. The number of hydrogen-bond acceptors (Lipinski definition) is 5. The van der Waals surface area contributed by atoms with Gasteiger partial charge in [0.05, 0.1) is 18.0 Å². The van der Waals surface area contributed by atoms with Gasteiger partial charge in [-0.3, -0.25) is 4.79 Å². The number of carbonyl (C=O) groups is 2. The van der Waals surface area contributed by atoms with Crippen LogP contribution in [0.2, 0.25) is 0 Å². The fourth-order valence-electron chi connectivity index (χ4n) is 3.48. The molecular weight excluding hydrogens is 378 g/mol. The van der Waals surface area contributed by atoms with Crippen LogP contribution in [0.4, 0.5) is 4.79 Å². The van der Waals surface area contributed by atoms with Gasteiger partial charge in [0.1, 0.15) is 0 Å². The summed E-state index contributed by atoms with van der Waals surface area (Å²) in [7, 11) is 1.57. The number of nitrogens with zero attached hydrogens (tertiary/aromatic N) is 2. The van der Waals surface area contributed by atoms with Crippen LogP contribution in [0, 0.1) is 12.8 Å². The summed E-state index contributed by atoms with van der Waals surface area (Å²) in [6.45, 7) is 3.04. The van der Waals surface area contributed by atoms with Crippen LogP contribution in [-0.4, -0.2) is 47.2 Å². The number of nitrogens with one attached hydrogen (secondary N) is 1. The van der Waals surface area contributed by atoms with Crippen molar-refractivity contribution in [1.29, 1.82) is 0 Å². The highest BCUT2D eigenvalue weighted by atomic mass is 32.1. The van der Waals surface area contributed by atoms with Crippen molar-refractivity contribution < 1.29 is 19.4 Å². The SMILES string of the molecule is COc1ccc(C(CC2CCN(C(=O)O)CC2)NC(=O)c2ccc(C)s2)cn1. The van der Waals surface area contributed by atoms with E-state index in [1.165, 1.54) is 16.2 Å². The number of hydrogen-bond donors (Lipinski definition) is 2. The number of aryl methyl sites for hydroxylation is 1. The molecule has 3 heterocycles. The maximum Gasteiger partial charge on any atom is 0.407 e. The highest BCUT2D eigenvalue weighted by molar-refractivity contribution is 7.13. The Morgan fingerprint density at radius 3 is 2.61 bits per heavy atom.